The van der Waals surface area contributed by atoms with Crippen molar-refractivity contribution in [3.05, 3.63) is 0 Å². The summed E-state index contributed by atoms with van der Waals surface area (Å²) in [6, 6.07) is 0. The maximum Gasteiger partial charge on any atom is 0.274 e. The lowest BCUT2D eigenvalue weighted by Crippen LogP contribution is -1.96. The molecule has 0 fully saturated rings. The zero-order chi connectivity index (χ0) is 4.28. The fourth-order valence-corrected chi connectivity index (χ4v) is 0. The fourth-order valence-electron chi connectivity index (χ4n) is 0. The molecule has 0 unspecified atom stereocenters. The summed E-state index contributed by atoms with van der Waals surface area (Å²) in [5.74, 6) is 0. The molecule has 0 aromatic heterocycles. The average molecular weight is 163 g/mol. The Hall–Kier alpha value is 1.30. The van der Waals surface area contributed by atoms with Gasteiger partial charge in [-0.25, -0.2) is 0 Å². The van der Waals surface area contributed by atoms with Crippen LogP contribution in [0, 0.1) is 0 Å². The number of halogens is 3. The van der Waals surface area contributed by atoms with Gasteiger partial charge in [-0.1, -0.05) is 0 Å². The molecule has 0 aliphatic rings. The Kier molecular flexibility index (Phi) is 4.40. The normalized spacial score (nSPS) is 9.60. The van der Waals surface area contributed by atoms with Gasteiger partial charge in [0.1, 0.15) is 0 Å². The van der Waals surface area contributed by atoms with Gasteiger partial charge in [-0.05, 0) is 0 Å². The van der Waals surface area contributed by atoms with E-state index < -0.39 is 6.93 Å². The van der Waals surface area contributed by atoms with E-state index in [4.69, 9.17) is 33.2 Å². The maximum absolute atomic E-state index is 5.21. The Morgan fingerprint density at radius 3 is 1.60 bits per heavy atom. The van der Waals surface area contributed by atoms with E-state index in [0.29, 0.717) is 0 Å². The maximum atomic E-state index is 5.21. The summed E-state index contributed by atoms with van der Waals surface area (Å²) in [5.41, 5.74) is 0. The van der Waals surface area contributed by atoms with Crippen molar-refractivity contribution in [3.8, 4) is 0 Å². The highest BCUT2D eigenvalue weighted by molar-refractivity contribution is 7.64. The van der Waals surface area contributed by atoms with E-state index in [2.05, 4.69) is 0 Å². The summed E-state index contributed by atoms with van der Waals surface area (Å²) >= 11 is 15.6. The number of hydrogen-bond donors (Lipinski definition) is 0. The van der Waals surface area contributed by atoms with Gasteiger partial charge in [0.25, 0.3) is 6.93 Å². The first-order chi connectivity index (χ1) is 2.27. The van der Waals surface area contributed by atoms with Crippen LogP contribution >= 0.6 is 33.2 Å². The molecule has 0 amide bonds. The monoisotopic (exact) mass is 161 g/mol. The van der Waals surface area contributed by atoms with Gasteiger partial charge < -0.3 is 0 Å². The van der Waals surface area contributed by atoms with Crippen molar-refractivity contribution in [1.29, 1.82) is 0 Å². The van der Waals surface area contributed by atoms with Crippen LogP contribution < -0.4 is 0 Å². The second-order valence-corrected chi connectivity index (χ2v) is 9.58. The minimum atomic E-state index is -1.14. The van der Waals surface area contributed by atoms with Crippen LogP contribution in [0.4, 0.5) is 0 Å². The molecule has 0 saturated carbocycles. The van der Waals surface area contributed by atoms with E-state index in [9.17, 15) is 0 Å². The molecule has 0 aromatic rings. The van der Waals surface area contributed by atoms with E-state index in [1.54, 1.807) is 0 Å². The molecule has 5 heavy (non-hydrogen) atoms. The molecule has 0 N–H and O–H groups in total. The molecule has 5 heteroatoms. The lowest BCUT2D eigenvalue weighted by atomic mass is 26.9. The van der Waals surface area contributed by atoms with Crippen molar-refractivity contribution < 1.29 is 0 Å². The van der Waals surface area contributed by atoms with Gasteiger partial charge >= 0.3 is 0 Å². The van der Waals surface area contributed by atoms with E-state index in [1.165, 1.54) is 0 Å². The second-order valence-electron chi connectivity index (χ2n) is 0.355. The standard InChI is InChI=1S/Cl3Si2/c1-4-5(2)3. The van der Waals surface area contributed by atoms with Gasteiger partial charge in [-0.15, -0.1) is 22.2 Å². The molecule has 0 atom stereocenters. The first-order valence-electron chi connectivity index (χ1n) is 0.817. The van der Waals surface area contributed by atoms with Gasteiger partial charge in [0.15, 0.2) is 8.35 Å². The molecule has 3 radical (unpaired) electrons. The zero-order valence-electron chi connectivity index (χ0n) is 2.13. The molecular weight excluding hydrogens is 163 g/mol. The van der Waals surface area contributed by atoms with Gasteiger partial charge in [0.2, 0.25) is 0 Å². The topological polar surface area (TPSA) is 0 Å². The van der Waals surface area contributed by atoms with E-state index >= 15 is 0 Å². The third-order valence-electron chi connectivity index (χ3n) is 0.0714. The highest BCUT2D eigenvalue weighted by Gasteiger charge is 1.98. The SMILES string of the molecule is Cl[Si][Si](Cl)Cl. The van der Waals surface area contributed by atoms with Crippen molar-refractivity contribution in [2.75, 3.05) is 0 Å². The largest absolute Gasteiger partial charge is 0.274 e. The molecule has 0 heterocycles. The van der Waals surface area contributed by atoms with Crippen LogP contribution in [-0.2, 0) is 0 Å². The molecule has 0 aromatic carbocycles. The first kappa shape index (κ1) is 6.30. The van der Waals surface area contributed by atoms with Crippen molar-refractivity contribution in [3.63, 3.8) is 0 Å². The molecule has 29 valence electrons. The van der Waals surface area contributed by atoms with Crippen molar-refractivity contribution in [1.82, 2.24) is 0 Å². The van der Waals surface area contributed by atoms with Crippen molar-refractivity contribution in [2.24, 2.45) is 0 Å². The molecule has 0 aliphatic carbocycles. The third-order valence-corrected chi connectivity index (χ3v) is 5.79. The van der Waals surface area contributed by atoms with Crippen molar-refractivity contribution >= 4 is 48.5 Å². The summed E-state index contributed by atoms with van der Waals surface area (Å²) in [6.07, 6.45) is 0. The highest BCUT2D eigenvalue weighted by atomic mass is 35.7. The summed E-state index contributed by atoms with van der Waals surface area (Å²) in [7, 11) is 0.219. The molecule has 0 saturated heterocycles. The molecule has 0 rings (SSSR count). The number of rotatable bonds is 1. The van der Waals surface area contributed by atoms with Crippen LogP contribution in [0.2, 0.25) is 0 Å². The Morgan fingerprint density at radius 2 is 1.60 bits per heavy atom. The molecule has 0 spiro atoms. The first-order valence-corrected chi connectivity index (χ1v) is 7.35. The minimum Gasteiger partial charge on any atom is -0.172 e. The van der Waals surface area contributed by atoms with Crippen molar-refractivity contribution in [2.45, 2.75) is 0 Å². The molecule has 0 nitrogen and oxygen atoms in total. The van der Waals surface area contributed by atoms with Crippen LogP contribution in [0.25, 0.3) is 0 Å². The summed E-state index contributed by atoms with van der Waals surface area (Å²) in [4.78, 5) is 0. The zero-order valence-corrected chi connectivity index (χ0v) is 6.40. The Morgan fingerprint density at radius 1 is 1.40 bits per heavy atom. The quantitative estimate of drug-likeness (QED) is 0.403. The van der Waals surface area contributed by atoms with E-state index in [0.717, 1.165) is 0 Å². The Balaban J connectivity index is 2.54. The van der Waals surface area contributed by atoms with Crippen LogP contribution in [-0.4, -0.2) is 15.3 Å². The van der Waals surface area contributed by atoms with Gasteiger partial charge in [-0.3, -0.25) is 0 Å². The molecular formula is Cl3Si2. The van der Waals surface area contributed by atoms with E-state index in [1.807, 2.05) is 0 Å². The fraction of sp³-hybridized carbons (Fsp3) is 0. The lowest BCUT2D eigenvalue weighted by Gasteiger charge is -1.74. The second kappa shape index (κ2) is 3.49. The molecule has 0 bridgehead atoms. The number of hydrogen-bond acceptors (Lipinski definition) is 0. The van der Waals surface area contributed by atoms with Crippen LogP contribution in [0.5, 0.6) is 0 Å². The van der Waals surface area contributed by atoms with E-state index in [-0.39, 0.29) is 8.35 Å². The van der Waals surface area contributed by atoms with Crippen LogP contribution in [0.3, 0.4) is 0 Å². The predicted octanol–water partition coefficient (Wildman–Crippen LogP) is 1.31. The van der Waals surface area contributed by atoms with Gasteiger partial charge in [0, 0.05) is 0 Å². The summed E-state index contributed by atoms with van der Waals surface area (Å²) in [5, 5.41) is 0. The predicted molar refractivity (Wildman–Crippen MR) is 29.1 cm³/mol. The average Bonchev–Trinajstić information content (AvgIpc) is 1.38. The van der Waals surface area contributed by atoms with Crippen LogP contribution in [0.1, 0.15) is 0 Å². The lowest BCUT2D eigenvalue weighted by molar-refractivity contribution is 3.94. The molecule has 0 aliphatic heterocycles. The Bertz CT molecular complexity index is 18.9. The minimum absolute atomic E-state index is 0.219. The summed E-state index contributed by atoms with van der Waals surface area (Å²) in [6.45, 7) is -1.14. The Labute approximate surface area is 48.7 Å². The summed E-state index contributed by atoms with van der Waals surface area (Å²) < 4.78 is 0. The smallest absolute Gasteiger partial charge is 0.172 e. The third kappa shape index (κ3) is 5.30. The van der Waals surface area contributed by atoms with Gasteiger partial charge in [-0.2, -0.15) is 11.1 Å². The highest BCUT2D eigenvalue weighted by Crippen LogP contribution is 1.92. The van der Waals surface area contributed by atoms with Gasteiger partial charge in [0.05, 0.1) is 0 Å². The van der Waals surface area contributed by atoms with Crippen LogP contribution in [0.15, 0.2) is 0 Å².